The highest BCUT2D eigenvalue weighted by atomic mass is 127. The molecule has 0 aliphatic carbocycles. The minimum absolute atomic E-state index is 0. The van der Waals surface area contributed by atoms with Gasteiger partial charge in [-0.1, -0.05) is 11.6 Å². The number of thiazole rings is 1. The first-order valence-corrected chi connectivity index (χ1v) is 7.01. The molecule has 0 atom stereocenters. The maximum absolute atomic E-state index is 6.00. The van der Waals surface area contributed by atoms with Crippen molar-refractivity contribution in [3.05, 3.63) is 47.7 Å². The van der Waals surface area contributed by atoms with Gasteiger partial charge in [0.15, 0.2) is 12.4 Å². The summed E-state index contributed by atoms with van der Waals surface area (Å²) in [5, 5.41) is 1.80. The maximum atomic E-state index is 6.00. The molecule has 0 radical (unpaired) electrons. The minimum Gasteiger partial charge on any atom is -1.00 e. The van der Waals surface area contributed by atoms with Crippen LogP contribution in [-0.4, -0.2) is 4.98 Å². The lowest BCUT2D eigenvalue weighted by Gasteiger charge is -1.94. The summed E-state index contributed by atoms with van der Waals surface area (Å²) in [6.45, 7) is 3.09. The number of hydrogen-bond acceptors (Lipinski definition) is 2. The highest BCUT2D eigenvalue weighted by molar-refractivity contribution is 7.21. The fourth-order valence-electron chi connectivity index (χ4n) is 1.87. The van der Waals surface area contributed by atoms with Crippen LogP contribution in [0.1, 0.15) is 6.92 Å². The van der Waals surface area contributed by atoms with E-state index in [1.165, 1.54) is 0 Å². The zero-order valence-corrected chi connectivity index (χ0v) is 14.0. The van der Waals surface area contributed by atoms with Gasteiger partial charge in [-0.3, -0.25) is 0 Å². The minimum atomic E-state index is 0. The van der Waals surface area contributed by atoms with E-state index >= 15 is 0 Å². The van der Waals surface area contributed by atoms with Crippen molar-refractivity contribution in [3.8, 4) is 10.6 Å². The van der Waals surface area contributed by atoms with Gasteiger partial charge in [0.05, 0.1) is 15.8 Å². The van der Waals surface area contributed by atoms with E-state index in [0.29, 0.717) is 0 Å². The van der Waals surface area contributed by atoms with Crippen molar-refractivity contribution in [2.45, 2.75) is 13.5 Å². The first kappa shape index (κ1) is 14.7. The summed E-state index contributed by atoms with van der Waals surface area (Å²) in [5.74, 6) is 0. The molecule has 3 rings (SSSR count). The maximum Gasteiger partial charge on any atom is 0.179 e. The average molecular weight is 403 g/mol. The van der Waals surface area contributed by atoms with E-state index in [2.05, 4.69) is 41.0 Å². The van der Waals surface area contributed by atoms with Crippen LogP contribution in [0.3, 0.4) is 0 Å². The van der Waals surface area contributed by atoms with Gasteiger partial charge in [0, 0.05) is 11.1 Å². The number of aryl methyl sites for hydroxylation is 1. The Morgan fingerprint density at radius 3 is 2.95 bits per heavy atom. The quantitative estimate of drug-likeness (QED) is 0.460. The van der Waals surface area contributed by atoms with Gasteiger partial charge in [0.2, 0.25) is 0 Å². The highest BCUT2D eigenvalue weighted by Gasteiger charge is 2.09. The Morgan fingerprint density at radius 2 is 2.16 bits per heavy atom. The molecule has 1 aromatic carbocycles. The second-order valence-electron chi connectivity index (χ2n) is 4.05. The molecule has 2 aromatic heterocycles. The van der Waals surface area contributed by atoms with Crippen molar-refractivity contribution in [1.82, 2.24) is 4.98 Å². The molecule has 98 valence electrons. The third kappa shape index (κ3) is 3.07. The van der Waals surface area contributed by atoms with Crippen LogP contribution in [0, 0.1) is 0 Å². The SMILES string of the molecule is CC[n+]1cccc(-c2nc3ccc(Cl)cc3s2)c1.[I-]. The lowest BCUT2D eigenvalue weighted by molar-refractivity contribution is -0.693. The molecule has 0 bridgehead atoms. The molecule has 2 heterocycles. The molecule has 0 amide bonds. The number of pyridine rings is 1. The van der Waals surface area contributed by atoms with Crippen LogP contribution in [0.25, 0.3) is 20.8 Å². The molecule has 19 heavy (non-hydrogen) atoms. The molecule has 2 nitrogen and oxygen atoms in total. The molecule has 3 aromatic rings. The first-order valence-electron chi connectivity index (χ1n) is 5.82. The Kier molecular flexibility index (Phi) is 4.76. The summed E-state index contributed by atoms with van der Waals surface area (Å²) in [5.41, 5.74) is 2.16. The zero-order valence-electron chi connectivity index (χ0n) is 10.3. The van der Waals surface area contributed by atoms with E-state index in [9.17, 15) is 0 Å². The predicted octanol–water partition coefficient (Wildman–Crippen LogP) is 0.928. The van der Waals surface area contributed by atoms with E-state index in [1.807, 2.05) is 18.2 Å². The second kappa shape index (κ2) is 6.15. The van der Waals surface area contributed by atoms with Crippen LogP contribution in [0.4, 0.5) is 0 Å². The number of nitrogens with zero attached hydrogens (tertiary/aromatic N) is 2. The van der Waals surface area contributed by atoms with Gasteiger partial charge in [-0.05, 0) is 31.2 Å². The Hall–Kier alpha value is -0.720. The van der Waals surface area contributed by atoms with Crippen molar-refractivity contribution in [1.29, 1.82) is 0 Å². The second-order valence-corrected chi connectivity index (χ2v) is 5.52. The summed E-state index contributed by atoms with van der Waals surface area (Å²) < 4.78 is 3.28. The van der Waals surface area contributed by atoms with E-state index in [1.54, 1.807) is 11.3 Å². The Morgan fingerprint density at radius 1 is 1.32 bits per heavy atom. The molecule has 5 heteroatoms. The van der Waals surface area contributed by atoms with E-state index in [4.69, 9.17) is 11.6 Å². The molecule has 0 spiro atoms. The van der Waals surface area contributed by atoms with E-state index < -0.39 is 0 Å². The molecule has 0 fully saturated rings. The molecule has 0 N–H and O–H groups in total. The largest absolute Gasteiger partial charge is 1.00 e. The third-order valence-corrected chi connectivity index (χ3v) is 4.12. The van der Waals surface area contributed by atoms with Gasteiger partial charge in [0.25, 0.3) is 0 Å². The lowest BCUT2D eigenvalue weighted by atomic mass is 10.3. The number of fused-ring (bicyclic) bond motifs is 1. The van der Waals surface area contributed by atoms with Crippen molar-refractivity contribution in [2.24, 2.45) is 0 Å². The fraction of sp³-hybridized carbons (Fsp3) is 0.143. The van der Waals surface area contributed by atoms with Gasteiger partial charge in [-0.25, -0.2) is 9.55 Å². The molecule has 0 unspecified atom stereocenters. The van der Waals surface area contributed by atoms with E-state index in [0.717, 1.165) is 32.4 Å². The van der Waals surface area contributed by atoms with Crippen LogP contribution in [0.2, 0.25) is 5.02 Å². The standard InChI is InChI=1S/C14H12ClN2S.HI/c1-2-17-7-3-4-10(9-17)14-16-12-6-5-11(15)8-13(12)18-14;/h3-9H,2H2,1H3;1H/q+1;/p-1. The van der Waals surface area contributed by atoms with Gasteiger partial charge >= 0.3 is 0 Å². The molecule has 0 saturated carbocycles. The lowest BCUT2D eigenvalue weighted by Crippen LogP contribution is -3.00. The third-order valence-electron chi connectivity index (χ3n) is 2.82. The van der Waals surface area contributed by atoms with Crippen LogP contribution >= 0.6 is 22.9 Å². The summed E-state index contributed by atoms with van der Waals surface area (Å²) >= 11 is 7.67. The summed E-state index contributed by atoms with van der Waals surface area (Å²) in [6, 6.07) is 9.96. The molecule has 0 aliphatic heterocycles. The van der Waals surface area contributed by atoms with Crippen LogP contribution in [-0.2, 0) is 6.54 Å². The van der Waals surface area contributed by atoms with Crippen molar-refractivity contribution in [2.75, 3.05) is 0 Å². The first-order chi connectivity index (χ1) is 8.76. The monoisotopic (exact) mass is 402 g/mol. The van der Waals surface area contributed by atoms with Gasteiger partial charge in [0.1, 0.15) is 11.6 Å². The molecule has 0 aliphatic rings. The summed E-state index contributed by atoms with van der Waals surface area (Å²) in [7, 11) is 0. The number of halogens is 2. The topological polar surface area (TPSA) is 16.8 Å². The highest BCUT2D eigenvalue weighted by Crippen LogP contribution is 2.30. The van der Waals surface area contributed by atoms with Crippen molar-refractivity contribution >= 4 is 33.2 Å². The normalized spacial score (nSPS) is 10.4. The Balaban J connectivity index is 0.00000133. The van der Waals surface area contributed by atoms with E-state index in [-0.39, 0.29) is 24.0 Å². The summed E-state index contributed by atoms with van der Waals surface area (Å²) in [6.07, 6.45) is 4.19. The van der Waals surface area contributed by atoms with Crippen molar-refractivity contribution < 1.29 is 28.5 Å². The van der Waals surface area contributed by atoms with Gasteiger partial charge in [-0.2, -0.15) is 0 Å². The smallest absolute Gasteiger partial charge is 0.179 e. The molecular formula is C14H12ClIN2S. The fourth-order valence-corrected chi connectivity index (χ4v) is 3.10. The predicted molar refractivity (Wildman–Crippen MR) is 75.9 cm³/mol. The van der Waals surface area contributed by atoms with Gasteiger partial charge < -0.3 is 24.0 Å². The number of benzene rings is 1. The summed E-state index contributed by atoms with van der Waals surface area (Å²) in [4.78, 5) is 4.65. The number of rotatable bonds is 2. The van der Waals surface area contributed by atoms with Crippen LogP contribution in [0.15, 0.2) is 42.7 Å². The zero-order chi connectivity index (χ0) is 12.5. The molecular weight excluding hydrogens is 391 g/mol. The molecule has 0 saturated heterocycles. The Bertz CT molecular complexity index is 711. The van der Waals surface area contributed by atoms with Gasteiger partial charge in [-0.15, -0.1) is 11.3 Å². The Labute approximate surface area is 138 Å². The average Bonchev–Trinajstić information content (AvgIpc) is 2.81. The van der Waals surface area contributed by atoms with Crippen LogP contribution in [0.5, 0.6) is 0 Å². The number of aromatic nitrogens is 2. The van der Waals surface area contributed by atoms with Crippen LogP contribution < -0.4 is 28.5 Å². The van der Waals surface area contributed by atoms with Crippen molar-refractivity contribution in [3.63, 3.8) is 0 Å². The number of hydrogen-bond donors (Lipinski definition) is 0.